The molecule has 5 nitrogen and oxygen atoms in total. The van der Waals surface area contributed by atoms with Crippen molar-refractivity contribution in [3.05, 3.63) is 42.6 Å². The fraction of sp³-hybridized carbons (Fsp3) is 0.263. The third-order valence-electron chi connectivity index (χ3n) is 4.19. The van der Waals surface area contributed by atoms with Crippen molar-refractivity contribution < 1.29 is 18.3 Å². The van der Waals surface area contributed by atoms with Crippen LogP contribution in [0.5, 0.6) is 11.6 Å². The molecule has 0 bridgehead atoms. The van der Waals surface area contributed by atoms with E-state index in [1.54, 1.807) is 18.3 Å². The second-order valence-electron chi connectivity index (χ2n) is 6.10. The average Bonchev–Trinajstić information content (AvgIpc) is 3.45. The van der Waals surface area contributed by atoms with Gasteiger partial charge in [-0.1, -0.05) is 12.1 Å². The van der Waals surface area contributed by atoms with E-state index in [0.29, 0.717) is 17.5 Å². The summed E-state index contributed by atoms with van der Waals surface area (Å²) in [5.41, 5.74) is 2.22. The average molecular weight is 357 g/mol. The number of nitrogens with zero attached hydrogens (tertiary/aromatic N) is 2. The number of benzene rings is 1. The number of nitrogens with one attached hydrogen (secondary N) is 1. The second-order valence-corrected chi connectivity index (χ2v) is 6.10. The van der Waals surface area contributed by atoms with E-state index in [4.69, 9.17) is 9.72 Å². The van der Waals surface area contributed by atoms with Crippen molar-refractivity contribution in [3.63, 3.8) is 0 Å². The summed E-state index contributed by atoms with van der Waals surface area (Å²) in [4.78, 5) is 9.07. The Balaban J connectivity index is 1.80. The minimum Gasteiger partial charge on any atom is -0.480 e. The lowest BCUT2D eigenvalue weighted by Gasteiger charge is -2.13. The summed E-state index contributed by atoms with van der Waals surface area (Å²) in [6.07, 6.45) is 4.01. The zero-order chi connectivity index (χ0) is 18.1. The van der Waals surface area contributed by atoms with Gasteiger partial charge in [0, 0.05) is 17.6 Å². The first-order valence-electron chi connectivity index (χ1n) is 8.29. The van der Waals surface area contributed by atoms with Gasteiger partial charge >= 0.3 is 6.61 Å². The number of pyridine rings is 2. The molecule has 2 heterocycles. The fourth-order valence-corrected chi connectivity index (χ4v) is 2.80. The summed E-state index contributed by atoms with van der Waals surface area (Å²) in [6.45, 7) is -2.85. The number of alkyl halides is 2. The minimum atomic E-state index is -2.85. The third kappa shape index (κ3) is 3.37. The molecule has 0 radical (unpaired) electrons. The molecule has 1 N–H and O–H groups in total. The highest BCUT2D eigenvalue weighted by Gasteiger charge is 2.22. The smallest absolute Gasteiger partial charge is 0.387 e. The van der Waals surface area contributed by atoms with Crippen molar-refractivity contribution in [1.82, 2.24) is 9.97 Å². The molecule has 7 heteroatoms. The number of ether oxygens (including phenoxy) is 2. The highest BCUT2D eigenvalue weighted by Crippen LogP contribution is 2.36. The Morgan fingerprint density at radius 3 is 2.54 bits per heavy atom. The molecule has 1 fully saturated rings. The quantitative estimate of drug-likeness (QED) is 0.705. The SMILES string of the molecule is COc1ncc2ccc(NC3CC3)nc2c1-c1ccc(OC(F)F)cc1. The Bertz CT molecular complexity index is 928. The van der Waals surface area contributed by atoms with Gasteiger partial charge in [-0.05, 0) is 42.7 Å². The van der Waals surface area contributed by atoms with Crippen molar-refractivity contribution in [3.8, 4) is 22.8 Å². The molecule has 0 aliphatic heterocycles. The van der Waals surface area contributed by atoms with E-state index in [9.17, 15) is 8.78 Å². The molecule has 1 aliphatic rings. The van der Waals surface area contributed by atoms with Crippen LogP contribution >= 0.6 is 0 Å². The van der Waals surface area contributed by atoms with Crippen LogP contribution in [0.15, 0.2) is 42.6 Å². The first kappa shape index (κ1) is 16.5. The van der Waals surface area contributed by atoms with Crippen LogP contribution in [0, 0.1) is 0 Å². The van der Waals surface area contributed by atoms with Gasteiger partial charge in [-0.15, -0.1) is 0 Å². The highest BCUT2D eigenvalue weighted by molar-refractivity contribution is 5.96. The van der Waals surface area contributed by atoms with Crippen LogP contribution < -0.4 is 14.8 Å². The molecular weight excluding hydrogens is 340 g/mol. The monoisotopic (exact) mass is 357 g/mol. The van der Waals surface area contributed by atoms with Gasteiger partial charge in [0.1, 0.15) is 11.6 Å². The minimum absolute atomic E-state index is 0.0972. The maximum atomic E-state index is 12.4. The Labute approximate surface area is 149 Å². The van der Waals surface area contributed by atoms with Crippen molar-refractivity contribution in [2.75, 3.05) is 12.4 Å². The van der Waals surface area contributed by atoms with Crippen LogP contribution in [-0.2, 0) is 0 Å². The summed E-state index contributed by atoms with van der Waals surface area (Å²) in [7, 11) is 1.54. The zero-order valence-corrected chi connectivity index (χ0v) is 14.1. The molecule has 2 aromatic heterocycles. The molecule has 1 saturated carbocycles. The van der Waals surface area contributed by atoms with Crippen LogP contribution in [0.2, 0.25) is 0 Å². The number of fused-ring (bicyclic) bond motifs is 1. The first-order valence-corrected chi connectivity index (χ1v) is 8.29. The molecule has 26 heavy (non-hydrogen) atoms. The number of anilines is 1. The number of aromatic nitrogens is 2. The largest absolute Gasteiger partial charge is 0.480 e. The van der Waals surface area contributed by atoms with Gasteiger partial charge in [-0.3, -0.25) is 0 Å². The Morgan fingerprint density at radius 1 is 1.12 bits per heavy atom. The number of rotatable bonds is 6. The van der Waals surface area contributed by atoms with Crippen molar-refractivity contribution in [1.29, 1.82) is 0 Å². The maximum absolute atomic E-state index is 12.4. The molecule has 0 spiro atoms. The second kappa shape index (κ2) is 6.74. The van der Waals surface area contributed by atoms with Crippen molar-refractivity contribution >= 4 is 16.7 Å². The third-order valence-corrected chi connectivity index (χ3v) is 4.19. The number of halogens is 2. The normalized spacial score (nSPS) is 13.8. The summed E-state index contributed by atoms with van der Waals surface area (Å²) < 4.78 is 34.5. The Kier molecular flexibility index (Phi) is 4.28. The molecule has 1 aromatic carbocycles. The summed E-state index contributed by atoms with van der Waals surface area (Å²) in [5, 5.41) is 4.25. The number of methoxy groups -OCH3 is 1. The van der Waals surface area contributed by atoms with Crippen molar-refractivity contribution in [2.24, 2.45) is 0 Å². The van der Waals surface area contributed by atoms with Crippen LogP contribution in [-0.4, -0.2) is 29.7 Å². The molecule has 1 aliphatic carbocycles. The van der Waals surface area contributed by atoms with E-state index < -0.39 is 6.61 Å². The van der Waals surface area contributed by atoms with E-state index in [-0.39, 0.29) is 5.75 Å². The molecule has 0 atom stereocenters. The molecule has 134 valence electrons. The summed E-state index contributed by atoms with van der Waals surface area (Å²) in [5.74, 6) is 1.32. The van der Waals surface area contributed by atoms with Crippen LogP contribution in [0.1, 0.15) is 12.8 Å². The van der Waals surface area contributed by atoms with Gasteiger partial charge in [0.25, 0.3) is 0 Å². The molecule has 3 aromatic rings. The predicted octanol–water partition coefficient (Wildman–Crippen LogP) is 4.48. The van der Waals surface area contributed by atoms with Crippen LogP contribution in [0.25, 0.3) is 22.0 Å². The van der Waals surface area contributed by atoms with Gasteiger partial charge in [0.15, 0.2) is 0 Å². The van der Waals surface area contributed by atoms with Crippen LogP contribution in [0.4, 0.5) is 14.6 Å². The highest BCUT2D eigenvalue weighted by atomic mass is 19.3. The lowest BCUT2D eigenvalue weighted by Crippen LogP contribution is -2.04. The number of hydrogen-bond acceptors (Lipinski definition) is 5. The first-order chi connectivity index (χ1) is 12.6. The van der Waals surface area contributed by atoms with E-state index >= 15 is 0 Å². The zero-order valence-electron chi connectivity index (χ0n) is 14.1. The molecule has 4 rings (SSSR count). The van der Waals surface area contributed by atoms with E-state index in [1.165, 1.54) is 19.2 Å². The van der Waals surface area contributed by atoms with E-state index in [2.05, 4.69) is 15.0 Å². The summed E-state index contributed by atoms with van der Waals surface area (Å²) >= 11 is 0. The lowest BCUT2D eigenvalue weighted by atomic mass is 10.0. The lowest BCUT2D eigenvalue weighted by molar-refractivity contribution is -0.0498. The van der Waals surface area contributed by atoms with Crippen molar-refractivity contribution in [2.45, 2.75) is 25.5 Å². The topological polar surface area (TPSA) is 56.3 Å². The Morgan fingerprint density at radius 2 is 1.88 bits per heavy atom. The molecule has 0 saturated heterocycles. The maximum Gasteiger partial charge on any atom is 0.387 e. The van der Waals surface area contributed by atoms with Gasteiger partial charge in [0.05, 0.1) is 18.2 Å². The van der Waals surface area contributed by atoms with E-state index in [0.717, 1.165) is 35.1 Å². The van der Waals surface area contributed by atoms with Gasteiger partial charge in [-0.2, -0.15) is 8.78 Å². The van der Waals surface area contributed by atoms with Gasteiger partial charge in [0.2, 0.25) is 5.88 Å². The Hall–Kier alpha value is -2.96. The van der Waals surface area contributed by atoms with Crippen LogP contribution in [0.3, 0.4) is 0 Å². The fourth-order valence-electron chi connectivity index (χ4n) is 2.80. The molecule has 0 amide bonds. The predicted molar refractivity (Wildman–Crippen MR) is 94.8 cm³/mol. The summed E-state index contributed by atoms with van der Waals surface area (Å²) in [6, 6.07) is 10.7. The standard InChI is InChI=1S/C19H17F2N3O2/c1-25-18-16(11-2-7-14(8-3-11)26-19(20)21)17-12(10-22-18)4-9-15(24-17)23-13-5-6-13/h2-4,7-10,13,19H,5-6H2,1H3,(H,23,24). The number of hydrogen-bond donors (Lipinski definition) is 1. The van der Waals surface area contributed by atoms with Gasteiger partial charge in [-0.25, -0.2) is 9.97 Å². The molecular formula is C19H17F2N3O2. The van der Waals surface area contributed by atoms with Gasteiger partial charge < -0.3 is 14.8 Å². The molecule has 0 unspecified atom stereocenters. The van der Waals surface area contributed by atoms with E-state index in [1.807, 2.05) is 12.1 Å².